The van der Waals surface area contributed by atoms with Crippen molar-refractivity contribution in [3.8, 4) is 0 Å². The van der Waals surface area contributed by atoms with Gasteiger partial charge in [0, 0.05) is 29.4 Å². The van der Waals surface area contributed by atoms with Crippen molar-refractivity contribution in [1.29, 1.82) is 0 Å². The summed E-state index contributed by atoms with van der Waals surface area (Å²) in [5.41, 5.74) is 3.88. The van der Waals surface area contributed by atoms with E-state index in [9.17, 15) is 4.79 Å². The lowest BCUT2D eigenvalue weighted by Crippen LogP contribution is -2.34. The van der Waals surface area contributed by atoms with Crippen molar-refractivity contribution in [3.05, 3.63) is 58.1 Å². The lowest BCUT2D eigenvalue weighted by atomic mass is 10.0. The fourth-order valence-electron chi connectivity index (χ4n) is 3.37. The van der Waals surface area contributed by atoms with Crippen molar-refractivity contribution in [2.75, 3.05) is 20.6 Å². The number of hydrogen-bond donors (Lipinski definition) is 1. The molecule has 0 spiro atoms. The van der Waals surface area contributed by atoms with E-state index in [1.54, 1.807) is 4.52 Å². The third kappa shape index (κ3) is 4.31. The van der Waals surface area contributed by atoms with Crippen LogP contribution >= 0.6 is 11.6 Å². The number of carbonyl (C=O) groups is 1. The number of likely N-dealkylation sites (N-methyl/N-ethyl adjacent to an activating group) is 1. The molecule has 0 saturated carbocycles. The molecule has 148 valence electrons. The lowest BCUT2D eigenvalue weighted by molar-refractivity contribution is -0.121. The molecule has 0 fully saturated rings. The topological polar surface area (TPSA) is 75.4 Å². The monoisotopic (exact) mass is 400 g/mol. The zero-order valence-electron chi connectivity index (χ0n) is 16.6. The highest BCUT2D eigenvalue weighted by Crippen LogP contribution is 2.25. The SMILES string of the molecule is Cc1nc2ncnn2c(C)c1CCC(=O)NC[C@@H](c1ccccc1Cl)N(C)C. The largest absolute Gasteiger partial charge is 0.354 e. The van der Waals surface area contributed by atoms with Crippen LogP contribution in [0.2, 0.25) is 5.02 Å². The summed E-state index contributed by atoms with van der Waals surface area (Å²) in [6.07, 6.45) is 2.47. The predicted molar refractivity (Wildman–Crippen MR) is 109 cm³/mol. The van der Waals surface area contributed by atoms with Gasteiger partial charge in [0.2, 0.25) is 5.91 Å². The van der Waals surface area contributed by atoms with E-state index in [1.807, 2.05) is 52.2 Å². The number of aromatic nitrogens is 4. The van der Waals surface area contributed by atoms with Gasteiger partial charge in [-0.25, -0.2) is 9.50 Å². The highest BCUT2D eigenvalue weighted by atomic mass is 35.5. The van der Waals surface area contributed by atoms with Crippen molar-refractivity contribution in [2.45, 2.75) is 32.7 Å². The third-order valence-corrected chi connectivity index (χ3v) is 5.32. The van der Waals surface area contributed by atoms with Gasteiger partial charge in [0.05, 0.1) is 6.04 Å². The second-order valence-electron chi connectivity index (χ2n) is 7.04. The van der Waals surface area contributed by atoms with Crippen molar-refractivity contribution < 1.29 is 4.79 Å². The predicted octanol–water partition coefficient (Wildman–Crippen LogP) is 2.75. The molecule has 3 aromatic rings. The summed E-state index contributed by atoms with van der Waals surface area (Å²) in [5.74, 6) is 0.577. The van der Waals surface area contributed by atoms with E-state index in [-0.39, 0.29) is 11.9 Å². The van der Waals surface area contributed by atoms with Gasteiger partial charge in [-0.05, 0) is 51.6 Å². The van der Waals surface area contributed by atoms with E-state index in [2.05, 4.69) is 25.3 Å². The number of hydrogen-bond acceptors (Lipinski definition) is 5. The zero-order chi connectivity index (χ0) is 20.3. The molecule has 1 amide bonds. The van der Waals surface area contributed by atoms with Gasteiger partial charge in [0.25, 0.3) is 5.78 Å². The van der Waals surface area contributed by atoms with E-state index < -0.39 is 0 Å². The minimum atomic E-state index is -0.00334. The van der Waals surface area contributed by atoms with E-state index >= 15 is 0 Å². The first-order chi connectivity index (χ1) is 13.4. The Morgan fingerprint density at radius 3 is 2.75 bits per heavy atom. The van der Waals surface area contributed by atoms with Crippen LogP contribution in [0.3, 0.4) is 0 Å². The molecule has 0 aliphatic heterocycles. The van der Waals surface area contributed by atoms with Gasteiger partial charge in [-0.3, -0.25) is 4.79 Å². The molecule has 1 N–H and O–H groups in total. The molecule has 7 nitrogen and oxygen atoms in total. The van der Waals surface area contributed by atoms with Gasteiger partial charge < -0.3 is 10.2 Å². The van der Waals surface area contributed by atoms with Crippen LogP contribution in [0.15, 0.2) is 30.6 Å². The molecule has 0 saturated heterocycles. The summed E-state index contributed by atoms with van der Waals surface area (Å²) in [6.45, 7) is 4.41. The summed E-state index contributed by atoms with van der Waals surface area (Å²) >= 11 is 6.33. The molecule has 0 bridgehead atoms. The van der Waals surface area contributed by atoms with Crippen LogP contribution in [0.5, 0.6) is 0 Å². The maximum absolute atomic E-state index is 12.5. The first-order valence-electron chi connectivity index (χ1n) is 9.22. The molecule has 3 rings (SSSR count). The number of aryl methyl sites for hydroxylation is 2. The van der Waals surface area contributed by atoms with Crippen LogP contribution in [-0.4, -0.2) is 51.0 Å². The Labute approximate surface area is 169 Å². The molecular formula is C20H25ClN6O. The van der Waals surface area contributed by atoms with Crippen LogP contribution in [0.4, 0.5) is 0 Å². The lowest BCUT2D eigenvalue weighted by Gasteiger charge is -2.26. The summed E-state index contributed by atoms with van der Waals surface area (Å²) in [6, 6.07) is 7.73. The Morgan fingerprint density at radius 2 is 2.04 bits per heavy atom. The number of halogens is 1. The number of nitrogens with one attached hydrogen (secondary N) is 1. The third-order valence-electron chi connectivity index (χ3n) is 4.97. The number of amides is 1. The average molecular weight is 401 g/mol. The minimum absolute atomic E-state index is 0.00334. The normalized spacial score (nSPS) is 12.5. The van der Waals surface area contributed by atoms with E-state index in [4.69, 9.17) is 11.6 Å². The Morgan fingerprint density at radius 1 is 1.29 bits per heavy atom. The van der Waals surface area contributed by atoms with E-state index in [0.717, 1.165) is 22.5 Å². The fourth-order valence-corrected chi connectivity index (χ4v) is 3.63. The molecule has 0 aliphatic rings. The number of fused-ring (bicyclic) bond motifs is 1. The van der Waals surface area contributed by atoms with Crippen LogP contribution in [0, 0.1) is 13.8 Å². The van der Waals surface area contributed by atoms with Gasteiger partial charge in [-0.15, -0.1) is 0 Å². The Balaban J connectivity index is 1.64. The molecule has 2 aromatic heterocycles. The number of benzene rings is 1. The molecular weight excluding hydrogens is 376 g/mol. The standard InChI is InChI=1S/C20H25ClN6O/c1-13-15(14(2)27-20(25-13)23-12-24-27)9-10-19(28)22-11-18(26(3)4)16-7-5-6-8-17(16)21/h5-8,12,18H,9-11H2,1-4H3,(H,22,28)/t18-/m0/s1. The number of rotatable bonds is 7. The first kappa shape index (κ1) is 20.2. The smallest absolute Gasteiger partial charge is 0.252 e. The second-order valence-corrected chi connectivity index (χ2v) is 7.45. The fraction of sp³-hybridized carbons (Fsp3) is 0.400. The molecule has 28 heavy (non-hydrogen) atoms. The summed E-state index contributed by atoms with van der Waals surface area (Å²) in [4.78, 5) is 23.1. The molecule has 2 heterocycles. The summed E-state index contributed by atoms with van der Waals surface area (Å²) < 4.78 is 1.71. The molecule has 1 atom stereocenters. The van der Waals surface area contributed by atoms with Gasteiger partial charge in [0.1, 0.15) is 6.33 Å². The molecule has 0 unspecified atom stereocenters. The number of nitrogens with zero attached hydrogens (tertiary/aromatic N) is 5. The van der Waals surface area contributed by atoms with Gasteiger partial charge in [-0.1, -0.05) is 29.8 Å². The Bertz CT molecular complexity index is 984. The van der Waals surface area contributed by atoms with Crippen molar-refractivity contribution in [2.24, 2.45) is 0 Å². The van der Waals surface area contributed by atoms with E-state index in [0.29, 0.717) is 30.2 Å². The molecule has 1 aromatic carbocycles. The molecule has 8 heteroatoms. The van der Waals surface area contributed by atoms with Crippen molar-refractivity contribution in [1.82, 2.24) is 29.8 Å². The zero-order valence-corrected chi connectivity index (χ0v) is 17.4. The summed E-state index contributed by atoms with van der Waals surface area (Å²) in [7, 11) is 3.96. The summed E-state index contributed by atoms with van der Waals surface area (Å²) in [5, 5.41) is 7.93. The molecule has 0 radical (unpaired) electrons. The highest BCUT2D eigenvalue weighted by molar-refractivity contribution is 6.31. The second kappa shape index (κ2) is 8.67. The quantitative estimate of drug-likeness (QED) is 0.660. The highest BCUT2D eigenvalue weighted by Gasteiger charge is 2.18. The van der Waals surface area contributed by atoms with Crippen molar-refractivity contribution >= 4 is 23.3 Å². The van der Waals surface area contributed by atoms with Crippen LogP contribution in [0.25, 0.3) is 5.78 Å². The van der Waals surface area contributed by atoms with Crippen molar-refractivity contribution in [3.63, 3.8) is 0 Å². The average Bonchev–Trinajstić information content (AvgIpc) is 3.11. The first-order valence-corrected chi connectivity index (χ1v) is 9.59. The Kier molecular flexibility index (Phi) is 6.26. The minimum Gasteiger partial charge on any atom is -0.354 e. The Hall–Kier alpha value is -2.51. The van der Waals surface area contributed by atoms with Crippen LogP contribution in [-0.2, 0) is 11.2 Å². The van der Waals surface area contributed by atoms with E-state index in [1.165, 1.54) is 6.33 Å². The maximum atomic E-state index is 12.5. The van der Waals surface area contributed by atoms with Gasteiger partial charge in [-0.2, -0.15) is 10.1 Å². The van der Waals surface area contributed by atoms with Crippen LogP contribution in [0.1, 0.15) is 35.0 Å². The number of carbonyl (C=O) groups excluding carboxylic acids is 1. The van der Waals surface area contributed by atoms with Crippen LogP contribution < -0.4 is 5.32 Å². The van der Waals surface area contributed by atoms with Gasteiger partial charge in [0.15, 0.2) is 0 Å². The maximum Gasteiger partial charge on any atom is 0.252 e. The van der Waals surface area contributed by atoms with Gasteiger partial charge >= 0.3 is 0 Å². The molecule has 0 aliphatic carbocycles.